The van der Waals surface area contributed by atoms with Crippen molar-refractivity contribution in [3.8, 4) is 22.9 Å². The monoisotopic (exact) mass is 561 g/mol. The fourth-order valence-corrected chi connectivity index (χ4v) is 4.78. The van der Waals surface area contributed by atoms with E-state index in [1.807, 2.05) is 6.92 Å². The molecule has 40 heavy (non-hydrogen) atoms. The third-order valence-electron chi connectivity index (χ3n) is 6.62. The molecule has 0 radical (unpaired) electrons. The molecular weight excluding hydrogens is 537 g/mol. The summed E-state index contributed by atoms with van der Waals surface area (Å²) in [5.41, 5.74) is -0.194. The largest absolute Gasteiger partial charge is 0.497 e. The summed E-state index contributed by atoms with van der Waals surface area (Å²) in [6, 6.07) is 17.4. The molecule has 10 heteroatoms. The maximum atomic E-state index is 15.4. The molecule has 0 unspecified atom stereocenters. The standard InChI is InChI=1S/C30H25ClFN3O5/c1-17-6-12-24(21(31)13-17)40-25-15-26(36)33(3)28-27(25)29(37)34(16-19-7-9-20(39-4)10-8-19)30(38)35(28)23-11-5-18(2)14-22(23)32/h5-15H,16H2,1-4H3. The predicted molar refractivity (Wildman–Crippen MR) is 152 cm³/mol. The highest BCUT2D eigenvalue weighted by molar-refractivity contribution is 6.32. The summed E-state index contributed by atoms with van der Waals surface area (Å²) in [4.78, 5) is 41.1. The topological polar surface area (TPSA) is 84.5 Å². The molecule has 0 aliphatic rings. The number of aromatic nitrogens is 3. The predicted octanol–water partition coefficient (Wildman–Crippen LogP) is 5.11. The highest BCUT2D eigenvalue weighted by atomic mass is 35.5. The Morgan fingerprint density at radius 2 is 1.55 bits per heavy atom. The number of hydrogen-bond donors (Lipinski definition) is 0. The number of fused-ring (bicyclic) bond motifs is 1. The summed E-state index contributed by atoms with van der Waals surface area (Å²) >= 11 is 6.39. The molecule has 3 aromatic carbocycles. The summed E-state index contributed by atoms with van der Waals surface area (Å²) in [5, 5.41) is 0.178. The van der Waals surface area contributed by atoms with Crippen molar-refractivity contribution < 1.29 is 13.9 Å². The first-order chi connectivity index (χ1) is 19.1. The number of pyridine rings is 1. The smallest absolute Gasteiger partial charge is 0.337 e. The lowest BCUT2D eigenvalue weighted by Gasteiger charge is -2.19. The first kappa shape index (κ1) is 27.0. The van der Waals surface area contributed by atoms with E-state index in [2.05, 4.69) is 0 Å². The molecule has 0 fully saturated rings. The van der Waals surface area contributed by atoms with Crippen LogP contribution in [-0.2, 0) is 13.6 Å². The molecule has 5 rings (SSSR count). The molecule has 0 saturated heterocycles. The normalized spacial score (nSPS) is 11.2. The van der Waals surface area contributed by atoms with Crippen LogP contribution in [0.5, 0.6) is 17.2 Å². The summed E-state index contributed by atoms with van der Waals surface area (Å²) in [7, 11) is 2.94. The summed E-state index contributed by atoms with van der Waals surface area (Å²) < 4.78 is 29.7. The Labute approximate surface area is 233 Å². The third kappa shape index (κ3) is 4.80. The Morgan fingerprint density at radius 1 is 0.875 bits per heavy atom. The van der Waals surface area contributed by atoms with Gasteiger partial charge >= 0.3 is 5.69 Å². The first-order valence-corrected chi connectivity index (χ1v) is 12.7. The van der Waals surface area contributed by atoms with Crippen molar-refractivity contribution in [3.63, 3.8) is 0 Å². The summed E-state index contributed by atoms with van der Waals surface area (Å²) in [5.74, 6) is 0.00796. The third-order valence-corrected chi connectivity index (χ3v) is 6.91. The zero-order valence-electron chi connectivity index (χ0n) is 22.2. The molecule has 0 amide bonds. The summed E-state index contributed by atoms with van der Waals surface area (Å²) in [6.45, 7) is 3.44. The van der Waals surface area contributed by atoms with Crippen LogP contribution < -0.4 is 26.3 Å². The second kappa shape index (κ2) is 10.5. The van der Waals surface area contributed by atoms with E-state index in [0.29, 0.717) is 16.9 Å². The minimum atomic E-state index is -0.823. The van der Waals surface area contributed by atoms with Crippen LogP contribution in [0.15, 0.2) is 81.1 Å². The van der Waals surface area contributed by atoms with E-state index in [-0.39, 0.29) is 39.8 Å². The number of hydrogen-bond acceptors (Lipinski definition) is 5. The number of halogens is 2. The van der Waals surface area contributed by atoms with Crippen LogP contribution >= 0.6 is 11.6 Å². The second-order valence-corrected chi connectivity index (χ2v) is 9.86. The van der Waals surface area contributed by atoms with Crippen molar-refractivity contribution in [3.05, 3.63) is 125 Å². The van der Waals surface area contributed by atoms with Gasteiger partial charge in [0, 0.05) is 13.1 Å². The lowest BCUT2D eigenvalue weighted by molar-refractivity contribution is 0.414. The van der Waals surface area contributed by atoms with Crippen LogP contribution in [0.4, 0.5) is 4.39 Å². The van der Waals surface area contributed by atoms with Gasteiger partial charge < -0.3 is 9.47 Å². The minimum absolute atomic E-state index is 0.0909. The Morgan fingerprint density at radius 3 is 2.20 bits per heavy atom. The van der Waals surface area contributed by atoms with E-state index < -0.39 is 22.6 Å². The van der Waals surface area contributed by atoms with Gasteiger partial charge in [0.25, 0.3) is 11.1 Å². The van der Waals surface area contributed by atoms with Crippen LogP contribution in [0, 0.1) is 19.7 Å². The average molecular weight is 562 g/mol. The highest BCUT2D eigenvalue weighted by Crippen LogP contribution is 2.32. The van der Waals surface area contributed by atoms with Crippen molar-refractivity contribution in [2.75, 3.05) is 7.11 Å². The van der Waals surface area contributed by atoms with E-state index in [4.69, 9.17) is 21.1 Å². The van der Waals surface area contributed by atoms with Crippen molar-refractivity contribution >= 4 is 22.6 Å². The first-order valence-electron chi connectivity index (χ1n) is 12.3. The number of methoxy groups -OCH3 is 1. The zero-order chi connectivity index (χ0) is 28.7. The molecule has 0 saturated carbocycles. The van der Waals surface area contributed by atoms with Gasteiger partial charge in [-0.1, -0.05) is 35.9 Å². The molecule has 2 heterocycles. The van der Waals surface area contributed by atoms with E-state index in [9.17, 15) is 14.4 Å². The number of nitrogens with zero attached hydrogens (tertiary/aromatic N) is 3. The zero-order valence-corrected chi connectivity index (χ0v) is 23.0. The van der Waals surface area contributed by atoms with Crippen LogP contribution in [0.25, 0.3) is 16.7 Å². The molecule has 8 nitrogen and oxygen atoms in total. The van der Waals surface area contributed by atoms with Crippen LogP contribution in [0.1, 0.15) is 16.7 Å². The number of ether oxygens (including phenoxy) is 2. The summed E-state index contributed by atoms with van der Waals surface area (Å²) in [6.07, 6.45) is 0. The van der Waals surface area contributed by atoms with E-state index in [0.717, 1.165) is 25.3 Å². The maximum absolute atomic E-state index is 15.4. The molecule has 5 aromatic rings. The van der Waals surface area contributed by atoms with Crippen molar-refractivity contribution in [1.29, 1.82) is 0 Å². The van der Waals surface area contributed by atoms with Gasteiger partial charge in [0.15, 0.2) is 0 Å². The molecular formula is C30H25ClFN3O5. The van der Waals surface area contributed by atoms with E-state index in [1.54, 1.807) is 55.5 Å². The number of aryl methyl sites for hydroxylation is 3. The fourth-order valence-electron chi connectivity index (χ4n) is 4.51. The fraction of sp³-hybridized carbons (Fsp3) is 0.167. The van der Waals surface area contributed by atoms with Gasteiger partial charge in [0.05, 0.1) is 24.4 Å². The molecule has 0 aliphatic carbocycles. The van der Waals surface area contributed by atoms with Gasteiger partial charge in [-0.25, -0.2) is 13.8 Å². The van der Waals surface area contributed by atoms with Crippen LogP contribution in [-0.4, -0.2) is 20.8 Å². The quantitative estimate of drug-likeness (QED) is 0.288. The van der Waals surface area contributed by atoms with E-state index >= 15 is 4.39 Å². The van der Waals surface area contributed by atoms with Crippen molar-refractivity contribution in [2.45, 2.75) is 20.4 Å². The molecule has 0 aliphatic heterocycles. The lowest BCUT2D eigenvalue weighted by atomic mass is 10.2. The molecule has 2 aromatic heterocycles. The van der Waals surface area contributed by atoms with Gasteiger partial charge in [0.2, 0.25) is 0 Å². The SMILES string of the molecule is COc1ccc(Cn2c(=O)c3c(Oc4ccc(C)cc4Cl)cc(=O)n(C)c3n(-c3ccc(C)cc3F)c2=O)cc1. The number of benzene rings is 3. The van der Waals surface area contributed by atoms with E-state index in [1.165, 1.54) is 26.3 Å². The Balaban J connectivity index is 1.87. The molecule has 0 N–H and O–H groups in total. The van der Waals surface area contributed by atoms with Crippen LogP contribution in [0.3, 0.4) is 0 Å². The van der Waals surface area contributed by atoms with Gasteiger partial charge in [-0.05, 0) is 66.9 Å². The highest BCUT2D eigenvalue weighted by Gasteiger charge is 2.24. The molecule has 0 atom stereocenters. The molecule has 204 valence electrons. The molecule has 0 bridgehead atoms. The average Bonchev–Trinajstić information content (AvgIpc) is 2.92. The second-order valence-electron chi connectivity index (χ2n) is 9.45. The Hall–Kier alpha value is -4.63. The van der Waals surface area contributed by atoms with Crippen LogP contribution in [0.2, 0.25) is 5.02 Å². The van der Waals surface area contributed by atoms with Gasteiger partial charge in [0.1, 0.15) is 34.1 Å². The lowest BCUT2D eigenvalue weighted by Crippen LogP contribution is -2.42. The van der Waals surface area contributed by atoms with Crippen molar-refractivity contribution in [1.82, 2.24) is 13.7 Å². The number of rotatable bonds is 6. The van der Waals surface area contributed by atoms with Crippen molar-refractivity contribution in [2.24, 2.45) is 7.05 Å². The van der Waals surface area contributed by atoms with Gasteiger partial charge in [-0.3, -0.25) is 18.7 Å². The maximum Gasteiger partial charge on any atom is 0.337 e. The Bertz CT molecular complexity index is 1960. The Kier molecular flexibility index (Phi) is 7.08. The minimum Gasteiger partial charge on any atom is -0.497 e. The van der Waals surface area contributed by atoms with Gasteiger partial charge in [-0.15, -0.1) is 0 Å². The van der Waals surface area contributed by atoms with Gasteiger partial charge in [-0.2, -0.15) is 0 Å². The molecule has 0 spiro atoms.